The molecule has 0 spiro atoms. The smallest absolute Gasteiger partial charge is 0.131 e. The lowest BCUT2D eigenvalue weighted by atomic mass is 9.79. The Hall–Kier alpha value is -2.80. The molecule has 7 nitrogen and oxygen atoms in total. The van der Waals surface area contributed by atoms with Crippen molar-refractivity contribution < 1.29 is 4.74 Å². The SMILES string of the molecule is C.CC.CC.CC.Cc1nc(C(C)C)nc2c1CCCC2C(C)C.Cc1nc(C(C)C)nc2c1CCCC2C(C)C.Cc1nc(C(C)C)nc2c1COC2C(C)C. The van der Waals surface area contributed by atoms with Crippen molar-refractivity contribution in [3.63, 3.8) is 0 Å². The molecule has 2 aliphatic carbocycles. The maximum atomic E-state index is 5.80. The monoisotopic (exact) mass is 791 g/mol. The minimum atomic E-state index is 0. The standard InChI is InChI=1S/2C15H24N2.C13H20N2O.3C2H6.CH4/c2*1-9(2)12-7-6-8-13-11(5)16-15(10(3)4)17-14(12)13;1-7(2)12-11-10(6-16-12)9(5)14-13(15-11)8(3)4;3*1-2;/h2*9-10,12H,6-8H2,1-5H3;7-8,12H,6H2,1-5H3;3*1-2H3;1H4. The van der Waals surface area contributed by atoms with Gasteiger partial charge in [-0.05, 0) is 88.2 Å². The van der Waals surface area contributed by atoms with E-state index in [0.717, 1.165) is 28.9 Å². The minimum absolute atomic E-state index is 0. The number of nitrogens with zero attached hydrogens (tertiary/aromatic N) is 6. The first-order valence-corrected chi connectivity index (χ1v) is 22.7. The Bertz CT molecular complexity index is 1510. The minimum Gasteiger partial charge on any atom is -0.367 e. The van der Waals surface area contributed by atoms with Crippen molar-refractivity contribution >= 4 is 0 Å². The van der Waals surface area contributed by atoms with Crippen LogP contribution in [0.15, 0.2) is 0 Å². The second-order valence-corrected chi connectivity index (χ2v) is 17.0. The van der Waals surface area contributed by atoms with Gasteiger partial charge in [0.25, 0.3) is 0 Å². The molecule has 3 aromatic heterocycles. The number of hydrogen-bond acceptors (Lipinski definition) is 7. The average molecular weight is 791 g/mol. The van der Waals surface area contributed by atoms with E-state index in [1.54, 1.807) is 0 Å². The lowest BCUT2D eigenvalue weighted by Gasteiger charge is -2.29. The summed E-state index contributed by atoms with van der Waals surface area (Å²) in [6, 6.07) is 0. The van der Waals surface area contributed by atoms with Crippen LogP contribution in [0.2, 0.25) is 0 Å². The molecule has 0 radical (unpaired) electrons. The molecule has 6 rings (SSSR count). The Balaban J connectivity index is 0.000000767. The lowest BCUT2D eigenvalue weighted by molar-refractivity contribution is 0.0321. The van der Waals surface area contributed by atoms with Gasteiger partial charge in [0.1, 0.15) is 23.6 Å². The van der Waals surface area contributed by atoms with Gasteiger partial charge in [0.2, 0.25) is 0 Å². The van der Waals surface area contributed by atoms with Crippen molar-refractivity contribution in [1.82, 2.24) is 29.9 Å². The highest BCUT2D eigenvalue weighted by molar-refractivity contribution is 5.33. The van der Waals surface area contributed by atoms with E-state index in [1.165, 1.54) is 78.0 Å². The number of hydrogen-bond donors (Lipinski definition) is 0. The summed E-state index contributed by atoms with van der Waals surface area (Å²) >= 11 is 0. The summed E-state index contributed by atoms with van der Waals surface area (Å²) in [5.74, 6) is 7.31. The van der Waals surface area contributed by atoms with E-state index in [0.29, 0.717) is 54.0 Å². The molecule has 3 aliphatic rings. The highest BCUT2D eigenvalue weighted by Crippen LogP contribution is 2.39. The second-order valence-electron chi connectivity index (χ2n) is 17.0. The van der Waals surface area contributed by atoms with Crippen molar-refractivity contribution in [2.75, 3.05) is 0 Å². The van der Waals surface area contributed by atoms with Crippen molar-refractivity contribution in [3.8, 4) is 0 Å². The van der Waals surface area contributed by atoms with Crippen LogP contribution in [0.3, 0.4) is 0 Å². The maximum absolute atomic E-state index is 5.80. The predicted octanol–water partition coefficient (Wildman–Crippen LogP) is 14.8. The molecule has 3 atom stereocenters. The van der Waals surface area contributed by atoms with Crippen LogP contribution in [0.25, 0.3) is 0 Å². The van der Waals surface area contributed by atoms with Gasteiger partial charge in [0, 0.05) is 52.2 Å². The fraction of sp³-hybridized carbons (Fsp3) is 0.760. The first kappa shape index (κ1) is 54.2. The molecule has 0 saturated carbocycles. The number of fused-ring (bicyclic) bond motifs is 3. The van der Waals surface area contributed by atoms with Gasteiger partial charge < -0.3 is 4.74 Å². The van der Waals surface area contributed by atoms with Crippen molar-refractivity contribution in [1.29, 1.82) is 0 Å². The highest BCUT2D eigenvalue weighted by Gasteiger charge is 2.31. The molecule has 326 valence electrons. The topological polar surface area (TPSA) is 86.6 Å². The number of ether oxygens (including phenoxy) is 1. The van der Waals surface area contributed by atoms with E-state index in [2.05, 4.69) is 124 Å². The Kier molecular flexibility index (Phi) is 25.0. The molecule has 0 amide bonds. The maximum Gasteiger partial charge on any atom is 0.131 e. The Morgan fingerprint density at radius 2 is 0.754 bits per heavy atom. The van der Waals surface area contributed by atoms with E-state index >= 15 is 0 Å². The highest BCUT2D eigenvalue weighted by atomic mass is 16.5. The molecule has 0 bridgehead atoms. The molecular formula is C50H90N6O. The van der Waals surface area contributed by atoms with Gasteiger partial charge in [-0.1, -0.05) is 132 Å². The second kappa shape index (κ2) is 26.3. The summed E-state index contributed by atoms with van der Waals surface area (Å²) in [7, 11) is 0. The molecule has 7 heteroatoms. The van der Waals surface area contributed by atoms with Gasteiger partial charge in [-0.25, -0.2) is 29.9 Å². The zero-order chi connectivity index (χ0) is 43.0. The summed E-state index contributed by atoms with van der Waals surface area (Å²) in [4.78, 5) is 28.3. The molecule has 3 unspecified atom stereocenters. The van der Waals surface area contributed by atoms with Gasteiger partial charge in [0.05, 0.1) is 23.7 Å². The Labute approximate surface area is 353 Å². The van der Waals surface area contributed by atoms with E-state index in [9.17, 15) is 0 Å². The van der Waals surface area contributed by atoms with Gasteiger partial charge >= 0.3 is 0 Å². The number of aromatic nitrogens is 6. The van der Waals surface area contributed by atoms with Crippen LogP contribution >= 0.6 is 0 Å². The van der Waals surface area contributed by atoms with Gasteiger partial charge in [-0.3, -0.25) is 0 Å². The average Bonchev–Trinajstić information content (AvgIpc) is 3.62. The van der Waals surface area contributed by atoms with Crippen LogP contribution < -0.4 is 0 Å². The fourth-order valence-electron chi connectivity index (χ4n) is 7.67. The number of aryl methyl sites for hydroxylation is 3. The van der Waals surface area contributed by atoms with Crippen molar-refractivity contribution in [3.05, 3.63) is 68.3 Å². The zero-order valence-corrected chi connectivity index (χ0v) is 40.2. The van der Waals surface area contributed by atoms with Crippen molar-refractivity contribution in [2.45, 2.75) is 234 Å². The van der Waals surface area contributed by atoms with Crippen LogP contribution in [0, 0.1) is 38.5 Å². The Morgan fingerprint density at radius 3 is 1.05 bits per heavy atom. The van der Waals surface area contributed by atoms with Crippen LogP contribution in [-0.2, 0) is 24.2 Å². The fourth-order valence-corrected chi connectivity index (χ4v) is 7.67. The van der Waals surface area contributed by atoms with Gasteiger partial charge in [-0.15, -0.1) is 0 Å². The first-order chi connectivity index (χ1) is 26.5. The van der Waals surface area contributed by atoms with Crippen molar-refractivity contribution in [2.24, 2.45) is 17.8 Å². The molecule has 0 N–H and O–H groups in total. The van der Waals surface area contributed by atoms with Crippen LogP contribution in [0.4, 0.5) is 0 Å². The molecule has 0 aromatic carbocycles. The molecule has 4 heterocycles. The largest absolute Gasteiger partial charge is 0.367 e. The summed E-state index contributed by atoms with van der Waals surface area (Å²) in [6.07, 6.45) is 7.65. The van der Waals surface area contributed by atoms with Crippen LogP contribution in [-0.4, -0.2) is 29.9 Å². The third-order valence-corrected chi connectivity index (χ3v) is 10.8. The summed E-state index contributed by atoms with van der Waals surface area (Å²) in [6.45, 7) is 45.6. The van der Waals surface area contributed by atoms with Gasteiger partial charge in [0.15, 0.2) is 0 Å². The quantitative estimate of drug-likeness (QED) is 0.246. The molecular weight excluding hydrogens is 701 g/mol. The molecule has 57 heavy (non-hydrogen) atoms. The van der Waals surface area contributed by atoms with E-state index in [1.807, 2.05) is 41.5 Å². The zero-order valence-electron chi connectivity index (χ0n) is 40.2. The molecule has 0 saturated heterocycles. The van der Waals surface area contributed by atoms with E-state index < -0.39 is 0 Å². The Morgan fingerprint density at radius 1 is 0.439 bits per heavy atom. The first-order valence-electron chi connectivity index (χ1n) is 22.7. The molecule has 1 aliphatic heterocycles. The van der Waals surface area contributed by atoms with Crippen LogP contribution in [0.1, 0.15) is 262 Å². The molecule has 3 aromatic rings. The van der Waals surface area contributed by atoms with E-state index in [4.69, 9.17) is 14.7 Å². The van der Waals surface area contributed by atoms with Crippen LogP contribution in [0.5, 0.6) is 0 Å². The molecule has 0 fully saturated rings. The third-order valence-electron chi connectivity index (χ3n) is 10.8. The lowest BCUT2D eigenvalue weighted by Crippen LogP contribution is -2.20. The summed E-state index contributed by atoms with van der Waals surface area (Å²) in [5.41, 5.74) is 11.4. The predicted molar refractivity (Wildman–Crippen MR) is 247 cm³/mol. The van der Waals surface area contributed by atoms with Gasteiger partial charge in [-0.2, -0.15) is 0 Å². The summed E-state index contributed by atoms with van der Waals surface area (Å²) in [5, 5.41) is 0. The normalized spacial score (nSPS) is 17.6. The number of rotatable bonds is 6. The van der Waals surface area contributed by atoms with E-state index in [-0.39, 0.29) is 13.5 Å². The third kappa shape index (κ3) is 14.5. The summed E-state index contributed by atoms with van der Waals surface area (Å²) < 4.78 is 5.80.